The van der Waals surface area contributed by atoms with Gasteiger partial charge in [-0.1, -0.05) is 59.6 Å². The molecule has 3 aromatic rings. The van der Waals surface area contributed by atoms with E-state index in [0.717, 1.165) is 16.8 Å². The van der Waals surface area contributed by atoms with Gasteiger partial charge in [0.25, 0.3) is 5.91 Å². The third-order valence-corrected chi connectivity index (χ3v) is 4.53. The molecule has 0 fully saturated rings. The van der Waals surface area contributed by atoms with Gasteiger partial charge in [-0.2, -0.15) is 5.10 Å². The molecular formula is C23H22ClN3O2. The molecule has 0 unspecified atom stereocenters. The summed E-state index contributed by atoms with van der Waals surface area (Å²) in [6.45, 7) is 2.49. The van der Waals surface area contributed by atoms with Gasteiger partial charge < -0.3 is 10.1 Å². The lowest BCUT2D eigenvalue weighted by molar-refractivity contribution is -0.119. The molecule has 0 heterocycles. The number of hydrazone groups is 1. The average molecular weight is 408 g/mol. The molecule has 0 bridgehead atoms. The maximum absolute atomic E-state index is 12.0. The average Bonchev–Trinajstić information content (AvgIpc) is 2.73. The van der Waals surface area contributed by atoms with Gasteiger partial charge >= 0.3 is 0 Å². The monoisotopic (exact) mass is 407 g/mol. The van der Waals surface area contributed by atoms with Gasteiger partial charge in [-0.15, -0.1) is 0 Å². The van der Waals surface area contributed by atoms with Crippen LogP contribution in [0, 0.1) is 6.92 Å². The highest BCUT2D eigenvalue weighted by Gasteiger charge is 2.04. The molecule has 148 valence electrons. The van der Waals surface area contributed by atoms with Crippen LogP contribution in [0.3, 0.4) is 0 Å². The molecule has 0 aliphatic carbocycles. The van der Waals surface area contributed by atoms with Gasteiger partial charge in [0.2, 0.25) is 0 Å². The number of rotatable bonds is 8. The van der Waals surface area contributed by atoms with Crippen LogP contribution in [0.5, 0.6) is 5.75 Å². The Morgan fingerprint density at radius 1 is 1.03 bits per heavy atom. The lowest BCUT2D eigenvalue weighted by atomic mass is 10.2. The number of carbonyl (C=O) groups excluding carboxylic acids is 1. The highest BCUT2D eigenvalue weighted by molar-refractivity contribution is 6.31. The zero-order valence-electron chi connectivity index (χ0n) is 16.1. The van der Waals surface area contributed by atoms with Crippen molar-refractivity contribution in [3.05, 3.63) is 94.5 Å². The normalized spacial score (nSPS) is 10.7. The second-order valence-electron chi connectivity index (χ2n) is 6.43. The van der Waals surface area contributed by atoms with E-state index in [2.05, 4.69) is 15.8 Å². The summed E-state index contributed by atoms with van der Waals surface area (Å²) < 4.78 is 5.88. The zero-order valence-corrected chi connectivity index (χ0v) is 16.8. The molecule has 5 nitrogen and oxygen atoms in total. The summed E-state index contributed by atoms with van der Waals surface area (Å²) >= 11 is 6.17. The molecule has 2 N–H and O–H groups in total. The molecular weight excluding hydrogens is 386 g/mol. The fraction of sp³-hybridized carbons (Fsp3) is 0.130. The van der Waals surface area contributed by atoms with Gasteiger partial charge in [0.1, 0.15) is 12.4 Å². The first kappa shape index (κ1) is 20.4. The van der Waals surface area contributed by atoms with Crippen LogP contribution in [-0.4, -0.2) is 18.7 Å². The molecule has 1 amide bonds. The third-order valence-electron chi connectivity index (χ3n) is 4.16. The van der Waals surface area contributed by atoms with Crippen LogP contribution in [-0.2, 0) is 11.4 Å². The Bertz CT molecular complexity index is 987. The van der Waals surface area contributed by atoms with E-state index in [1.807, 2.05) is 79.7 Å². The van der Waals surface area contributed by atoms with Crippen LogP contribution in [0.25, 0.3) is 0 Å². The number of ether oxygens (including phenoxy) is 1. The Labute approximate surface area is 175 Å². The topological polar surface area (TPSA) is 62.7 Å². The molecule has 29 heavy (non-hydrogen) atoms. The van der Waals surface area contributed by atoms with Crippen molar-refractivity contribution in [1.29, 1.82) is 0 Å². The number of anilines is 1. The van der Waals surface area contributed by atoms with E-state index in [9.17, 15) is 4.79 Å². The van der Waals surface area contributed by atoms with Crippen LogP contribution in [0.15, 0.2) is 77.9 Å². The predicted molar refractivity (Wildman–Crippen MR) is 118 cm³/mol. The molecule has 0 saturated carbocycles. The standard InChI is InChI=1S/C23H22ClN3O2/c1-17-10-12-20(13-11-17)25-15-23(28)27-26-14-18-6-3-5-9-22(18)29-16-19-7-2-4-8-21(19)24/h2-14,25H,15-16H2,1H3,(H,27,28)/b26-14-. The number of nitrogens with one attached hydrogen (secondary N) is 2. The molecule has 0 atom stereocenters. The SMILES string of the molecule is Cc1ccc(NCC(=O)N/N=C\c2ccccc2OCc2ccccc2Cl)cc1. The van der Waals surface area contributed by atoms with Crippen LogP contribution in [0.1, 0.15) is 16.7 Å². The minimum absolute atomic E-state index is 0.130. The third kappa shape index (κ3) is 6.36. The summed E-state index contributed by atoms with van der Waals surface area (Å²) in [7, 11) is 0. The Morgan fingerprint density at radius 2 is 1.76 bits per heavy atom. The first-order valence-corrected chi connectivity index (χ1v) is 9.57. The van der Waals surface area contributed by atoms with Crippen molar-refractivity contribution in [2.24, 2.45) is 5.10 Å². The van der Waals surface area contributed by atoms with Crippen molar-refractivity contribution >= 4 is 29.4 Å². The maximum Gasteiger partial charge on any atom is 0.259 e. The molecule has 3 rings (SSSR count). The smallest absolute Gasteiger partial charge is 0.259 e. The first-order valence-electron chi connectivity index (χ1n) is 9.19. The van der Waals surface area contributed by atoms with E-state index in [1.165, 1.54) is 5.56 Å². The second-order valence-corrected chi connectivity index (χ2v) is 6.84. The fourth-order valence-corrected chi connectivity index (χ4v) is 2.75. The summed E-state index contributed by atoms with van der Waals surface area (Å²) in [5.74, 6) is 0.416. The lowest BCUT2D eigenvalue weighted by Gasteiger charge is -2.10. The number of hydrogen-bond acceptors (Lipinski definition) is 4. The van der Waals surface area contributed by atoms with E-state index in [0.29, 0.717) is 17.4 Å². The fourth-order valence-electron chi connectivity index (χ4n) is 2.56. The Hall–Kier alpha value is -3.31. The van der Waals surface area contributed by atoms with E-state index in [-0.39, 0.29) is 12.5 Å². The molecule has 6 heteroatoms. The predicted octanol–water partition coefficient (Wildman–Crippen LogP) is 4.79. The number of amides is 1. The first-order chi connectivity index (χ1) is 14.1. The van der Waals surface area contributed by atoms with Gasteiger partial charge in [0, 0.05) is 21.8 Å². The highest BCUT2D eigenvalue weighted by Crippen LogP contribution is 2.20. The van der Waals surface area contributed by atoms with Crippen molar-refractivity contribution < 1.29 is 9.53 Å². The minimum atomic E-state index is -0.240. The summed E-state index contributed by atoms with van der Waals surface area (Å²) in [4.78, 5) is 12.0. The lowest BCUT2D eigenvalue weighted by Crippen LogP contribution is -2.25. The molecule has 0 aromatic heterocycles. The molecule has 0 aliphatic heterocycles. The number of halogens is 1. The van der Waals surface area contributed by atoms with Gasteiger partial charge in [0.05, 0.1) is 12.8 Å². The number of hydrogen-bond donors (Lipinski definition) is 2. The van der Waals surface area contributed by atoms with Crippen LogP contribution in [0.2, 0.25) is 5.02 Å². The summed E-state index contributed by atoms with van der Waals surface area (Å²) in [5.41, 5.74) is 6.22. The summed E-state index contributed by atoms with van der Waals surface area (Å²) in [5, 5.41) is 7.74. The van der Waals surface area contributed by atoms with Crippen LogP contribution < -0.4 is 15.5 Å². The molecule has 0 spiro atoms. The maximum atomic E-state index is 12.0. The summed E-state index contributed by atoms with van der Waals surface area (Å²) in [6, 6.07) is 22.8. The Kier molecular flexibility index (Phi) is 7.25. The van der Waals surface area contributed by atoms with Crippen molar-refractivity contribution in [2.75, 3.05) is 11.9 Å². The van der Waals surface area contributed by atoms with E-state index < -0.39 is 0 Å². The van der Waals surface area contributed by atoms with Crippen molar-refractivity contribution in [2.45, 2.75) is 13.5 Å². The molecule has 0 radical (unpaired) electrons. The van der Waals surface area contributed by atoms with Gasteiger partial charge in [-0.3, -0.25) is 4.79 Å². The minimum Gasteiger partial charge on any atom is -0.488 e. The Morgan fingerprint density at radius 3 is 2.55 bits per heavy atom. The molecule has 3 aromatic carbocycles. The van der Waals surface area contributed by atoms with E-state index in [4.69, 9.17) is 16.3 Å². The van der Waals surface area contributed by atoms with Gasteiger partial charge in [0.15, 0.2) is 0 Å². The van der Waals surface area contributed by atoms with Gasteiger partial charge in [-0.05, 0) is 37.3 Å². The summed E-state index contributed by atoms with van der Waals surface area (Å²) in [6.07, 6.45) is 1.56. The van der Waals surface area contributed by atoms with Crippen molar-refractivity contribution in [3.63, 3.8) is 0 Å². The zero-order chi connectivity index (χ0) is 20.5. The number of nitrogens with zero attached hydrogens (tertiary/aromatic N) is 1. The van der Waals surface area contributed by atoms with Crippen molar-refractivity contribution in [1.82, 2.24) is 5.43 Å². The number of aryl methyl sites for hydroxylation is 1. The highest BCUT2D eigenvalue weighted by atomic mass is 35.5. The number of para-hydroxylation sites is 1. The Balaban J connectivity index is 1.53. The molecule has 0 saturated heterocycles. The number of benzene rings is 3. The number of carbonyl (C=O) groups is 1. The van der Waals surface area contributed by atoms with E-state index in [1.54, 1.807) is 6.21 Å². The van der Waals surface area contributed by atoms with E-state index >= 15 is 0 Å². The second kappa shape index (κ2) is 10.3. The van der Waals surface area contributed by atoms with Crippen LogP contribution in [0.4, 0.5) is 5.69 Å². The largest absolute Gasteiger partial charge is 0.488 e. The quantitative estimate of drug-likeness (QED) is 0.417. The van der Waals surface area contributed by atoms with Gasteiger partial charge in [-0.25, -0.2) is 5.43 Å². The molecule has 0 aliphatic rings. The van der Waals surface area contributed by atoms with Crippen molar-refractivity contribution in [3.8, 4) is 5.75 Å². The van der Waals surface area contributed by atoms with Crippen LogP contribution >= 0.6 is 11.6 Å².